The highest BCUT2D eigenvalue weighted by Gasteiger charge is 2.17. The van der Waals surface area contributed by atoms with Crippen molar-refractivity contribution in [2.45, 2.75) is 6.92 Å². The molecule has 0 bridgehead atoms. The van der Waals surface area contributed by atoms with Gasteiger partial charge in [0.2, 0.25) is 11.0 Å². The molecule has 0 aliphatic carbocycles. The Kier molecular flexibility index (Phi) is 2.15. The van der Waals surface area contributed by atoms with Crippen molar-refractivity contribution in [3.05, 3.63) is 29.5 Å². The number of nitrogens with zero attached hydrogens (tertiary/aromatic N) is 4. The second-order valence-electron chi connectivity index (χ2n) is 3.60. The Bertz CT molecular complexity index is 537. The van der Waals surface area contributed by atoms with E-state index in [1.165, 1.54) is 0 Å². The molecule has 0 fully saturated rings. The van der Waals surface area contributed by atoms with E-state index in [-0.39, 0.29) is 0 Å². The van der Waals surface area contributed by atoms with Gasteiger partial charge in [0.05, 0.1) is 14.1 Å². The van der Waals surface area contributed by atoms with Crippen LogP contribution < -0.4 is 4.85 Å². The minimum atomic E-state index is 0.582. The lowest BCUT2D eigenvalue weighted by molar-refractivity contribution is -0.645. The van der Waals surface area contributed by atoms with Gasteiger partial charge in [0.25, 0.3) is 5.84 Å². The van der Waals surface area contributed by atoms with Crippen molar-refractivity contribution in [2.24, 2.45) is 0 Å². The van der Waals surface area contributed by atoms with Crippen molar-refractivity contribution in [3.8, 4) is 0 Å². The molecule has 0 aliphatic rings. The molecule has 0 N–H and O–H groups in total. The van der Waals surface area contributed by atoms with E-state index in [0.29, 0.717) is 10.4 Å². The third-order valence-corrected chi connectivity index (χ3v) is 2.44. The van der Waals surface area contributed by atoms with E-state index in [0.717, 1.165) is 11.4 Å². The molecule has 0 unspecified atom stereocenters. The fraction of sp³-hybridized carbons (Fsp3) is 0.300. The molecule has 0 aliphatic heterocycles. The van der Waals surface area contributed by atoms with Crippen molar-refractivity contribution in [3.63, 3.8) is 0 Å². The smallest absolute Gasteiger partial charge is 0.277 e. The third-order valence-electron chi connectivity index (χ3n) is 2.44. The predicted octanol–water partition coefficient (Wildman–Crippen LogP) is 0.208. The highest BCUT2D eigenvalue weighted by molar-refractivity contribution is 5.86. The number of hydrogen-bond acceptors (Lipinski definition) is 2. The molecule has 0 radical (unpaired) electrons. The van der Waals surface area contributed by atoms with Gasteiger partial charge in [-0.3, -0.25) is 4.58 Å². The topological polar surface area (TPSA) is 47.8 Å². The molecular formula is C10H13N4O+. The van der Waals surface area contributed by atoms with Gasteiger partial charge in [0, 0.05) is 6.92 Å². The number of benzene rings is 1. The molecule has 0 amide bonds. The van der Waals surface area contributed by atoms with Crippen LogP contribution in [0.15, 0.2) is 24.3 Å². The van der Waals surface area contributed by atoms with E-state index in [9.17, 15) is 5.21 Å². The molecule has 0 saturated heterocycles. The fourth-order valence-electron chi connectivity index (χ4n) is 1.41. The van der Waals surface area contributed by atoms with Gasteiger partial charge in [-0.1, -0.05) is 16.8 Å². The zero-order chi connectivity index (χ0) is 11.0. The van der Waals surface area contributed by atoms with Crippen LogP contribution in [0.1, 0.15) is 6.92 Å². The van der Waals surface area contributed by atoms with Crippen LogP contribution in [0.2, 0.25) is 0 Å². The maximum absolute atomic E-state index is 11.5. The highest BCUT2D eigenvalue weighted by Crippen LogP contribution is 2.07. The molecule has 1 aromatic carbocycles. The average molecular weight is 205 g/mol. The van der Waals surface area contributed by atoms with E-state index in [2.05, 4.69) is 5.21 Å². The molecule has 0 spiro atoms. The summed E-state index contributed by atoms with van der Waals surface area (Å²) in [6, 6.07) is 7.36. The fourth-order valence-corrected chi connectivity index (χ4v) is 1.41. The summed E-state index contributed by atoms with van der Waals surface area (Å²) in [4.78, 5) is 0.641. The number of hydrogen-bond donors (Lipinski definition) is 0. The first kappa shape index (κ1) is 9.64. The predicted molar refractivity (Wildman–Crippen MR) is 56.9 cm³/mol. The normalized spacial score (nSPS) is 10.6. The maximum Gasteiger partial charge on any atom is 0.277 e. The zero-order valence-electron chi connectivity index (χ0n) is 9.01. The zero-order valence-corrected chi connectivity index (χ0v) is 9.01. The first-order valence-electron chi connectivity index (χ1n) is 4.70. The van der Waals surface area contributed by atoms with Gasteiger partial charge in [-0.2, -0.15) is 0 Å². The van der Waals surface area contributed by atoms with Gasteiger partial charge in [-0.05, 0) is 12.1 Å². The van der Waals surface area contributed by atoms with E-state index in [1.54, 1.807) is 10.7 Å². The molecular weight excluding hydrogens is 192 g/mol. The standard InChI is InChI=1S/C10H13N4O/c1-8(12(2)3)13-9-6-4-5-7-10(9)14(15)11-13/h4-7H,1-3H3/q+1. The van der Waals surface area contributed by atoms with E-state index in [1.807, 2.05) is 43.8 Å². The van der Waals surface area contributed by atoms with Crippen LogP contribution >= 0.6 is 0 Å². The second kappa shape index (κ2) is 3.34. The molecule has 2 aromatic rings. The lowest BCUT2D eigenvalue weighted by atomic mass is 10.3. The van der Waals surface area contributed by atoms with Gasteiger partial charge < -0.3 is 5.21 Å². The van der Waals surface area contributed by atoms with E-state index < -0.39 is 0 Å². The Hall–Kier alpha value is -1.91. The second-order valence-corrected chi connectivity index (χ2v) is 3.60. The van der Waals surface area contributed by atoms with Gasteiger partial charge in [-0.15, -0.1) is 4.85 Å². The average Bonchev–Trinajstić information content (AvgIpc) is 2.56. The summed E-state index contributed by atoms with van der Waals surface area (Å²) in [5.41, 5.74) is 1.40. The Morgan fingerprint density at radius 3 is 2.73 bits per heavy atom. The minimum absolute atomic E-state index is 0.582. The molecule has 78 valence electrons. The molecule has 1 aromatic heterocycles. The van der Waals surface area contributed by atoms with Crippen LogP contribution in [0.3, 0.4) is 0 Å². The van der Waals surface area contributed by atoms with Crippen molar-refractivity contribution in [2.75, 3.05) is 14.1 Å². The summed E-state index contributed by atoms with van der Waals surface area (Å²) in [5, 5.41) is 15.4. The van der Waals surface area contributed by atoms with Crippen molar-refractivity contribution >= 4 is 16.9 Å². The van der Waals surface area contributed by atoms with Crippen LogP contribution in [-0.2, 0) is 0 Å². The number of fused-ring (bicyclic) bond motifs is 1. The Labute approximate surface area is 87.4 Å². The number of aromatic nitrogens is 3. The Morgan fingerprint density at radius 2 is 2.07 bits per heavy atom. The van der Waals surface area contributed by atoms with Crippen molar-refractivity contribution in [1.82, 2.24) is 9.90 Å². The van der Waals surface area contributed by atoms with Crippen molar-refractivity contribution < 1.29 is 9.42 Å². The van der Waals surface area contributed by atoms with E-state index in [4.69, 9.17) is 0 Å². The number of rotatable bonds is 0. The van der Waals surface area contributed by atoms with E-state index >= 15 is 0 Å². The molecule has 15 heavy (non-hydrogen) atoms. The lowest BCUT2D eigenvalue weighted by Crippen LogP contribution is -2.31. The van der Waals surface area contributed by atoms with Gasteiger partial charge in [0.1, 0.15) is 5.21 Å². The van der Waals surface area contributed by atoms with Crippen LogP contribution in [-0.4, -0.2) is 34.4 Å². The molecule has 0 atom stereocenters. The number of para-hydroxylation sites is 2. The highest BCUT2D eigenvalue weighted by atomic mass is 16.5. The summed E-state index contributed by atoms with van der Waals surface area (Å²) in [7, 11) is 3.84. The largest absolute Gasteiger partial charge is 0.691 e. The van der Waals surface area contributed by atoms with Crippen LogP contribution in [0, 0.1) is 5.21 Å². The molecule has 1 heterocycles. The monoisotopic (exact) mass is 205 g/mol. The molecule has 5 nitrogen and oxygen atoms in total. The quantitative estimate of drug-likeness (QED) is 0.267. The SMILES string of the molecule is CC(n1n[n+]([O-])c2ccccc21)=[N+](C)C. The van der Waals surface area contributed by atoms with Crippen LogP contribution in [0.25, 0.3) is 11.0 Å². The molecule has 0 saturated carbocycles. The summed E-state index contributed by atoms with van der Waals surface area (Å²) >= 11 is 0. The summed E-state index contributed by atoms with van der Waals surface area (Å²) < 4.78 is 3.56. The molecule has 5 heteroatoms. The van der Waals surface area contributed by atoms with Crippen molar-refractivity contribution in [1.29, 1.82) is 0 Å². The lowest BCUT2D eigenvalue weighted by Gasteiger charge is -1.94. The first-order chi connectivity index (χ1) is 7.11. The Morgan fingerprint density at radius 1 is 1.40 bits per heavy atom. The van der Waals surface area contributed by atoms with Gasteiger partial charge >= 0.3 is 0 Å². The van der Waals surface area contributed by atoms with Gasteiger partial charge in [-0.25, -0.2) is 0 Å². The summed E-state index contributed by atoms with van der Waals surface area (Å²) in [6.07, 6.45) is 0. The Balaban J connectivity index is 2.79. The third kappa shape index (κ3) is 1.45. The maximum atomic E-state index is 11.5. The summed E-state index contributed by atoms with van der Waals surface area (Å²) in [6.45, 7) is 1.92. The summed E-state index contributed by atoms with van der Waals surface area (Å²) in [5.74, 6) is 0.904. The minimum Gasteiger partial charge on any atom is -0.691 e. The molecule has 2 rings (SSSR count). The van der Waals surface area contributed by atoms with Crippen LogP contribution in [0.4, 0.5) is 0 Å². The first-order valence-corrected chi connectivity index (χ1v) is 4.70. The van der Waals surface area contributed by atoms with Crippen LogP contribution in [0.5, 0.6) is 0 Å². The van der Waals surface area contributed by atoms with Gasteiger partial charge in [0.15, 0.2) is 0 Å².